The maximum atomic E-state index is 12.8. The highest BCUT2D eigenvalue weighted by atomic mass is 16.4. The largest absolute Gasteiger partial charge is 0.416 e. The Morgan fingerprint density at radius 3 is 2.40 bits per heavy atom. The molecule has 4 aromatic rings. The van der Waals surface area contributed by atoms with Crippen molar-refractivity contribution in [2.24, 2.45) is 0 Å². The van der Waals surface area contributed by atoms with Crippen LogP contribution in [0.15, 0.2) is 77.2 Å². The molecule has 9 heteroatoms. The molecule has 174 valence electrons. The predicted octanol–water partition coefficient (Wildman–Crippen LogP) is 4.02. The van der Waals surface area contributed by atoms with E-state index in [-0.39, 0.29) is 5.91 Å². The second-order valence-corrected chi connectivity index (χ2v) is 8.37. The minimum absolute atomic E-state index is 0.329. The van der Waals surface area contributed by atoms with Crippen molar-refractivity contribution >= 4 is 23.5 Å². The molecule has 0 radical (unpaired) electrons. The molecule has 2 heterocycles. The molecule has 0 saturated carbocycles. The number of urea groups is 1. The molecular weight excluding hydrogens is 446 g/mol. The summed E-state index contributed by atoms with van der Waals surface area (Å²) in [5, 5.41) is 15.9. The quantitative estimate of drug-likeness (QED) is 0.381. The van der Waals surface area contributed by atoms with Crippen LogP contribution in [0.4, 0.5) is 10.5 Å². The number of rotatable bonds is 5. The lowest BCUT2D eigenvalue weighted by atomic mass is 9.92. The van der Waals surface area contributed by atoms with E-state index in [0.29, 0.717) is 34.2 Å². The number of aromatic nitrogens is 2. The van der Waals surface area contributed by atoms with Crippen molar-refractivity contribution in [3.05, 3.63) is 89.5 Å². The van der Waals surface area contributed by atoms with Crippen LogP contribution in [0.2, 0.25) is 0 Å². The van der Waals surface area contributed by atoms with Gasteiger partial charge in [-0.25, -0.2) is 4.79 Å². The third kappa shape index (κ3) is 4.15. The Morgan fingerprint density at radius 1 is 0.943 bits per heavy atom. The molecule has 0 bridgehead atoms. The Bertz CT molecular complexity index is 1460. The molecule has 0 spiro atoms. The first-order valence-electron chi connectivity index (χ1n) is 10.9. The van der Waals surface area contributed by atoms with Crippen LogP contribution in [0.25, 0.3) is 22.9 Å². The summed E-state index contributed by atoms with van der Waals surface area (Å²) in [6.07, 6.45) is 0. The average molecular weight is 467 g/mol. The van der Waals surface area contributed by atoms with Crippen LogP contribution in [-0.2, 0) is 10.3 Å². The van der Waals surface area contributed by atoms with Gasteiger partial charge >= 0.3 is 6.03 Å². The molecule has 9 nitrogen and oxygen atoms in total. The van der Waals surface area contributed by atoms with E-state index < -0.39 is 17.5 Å². The Morgan fingerprint density at radius 2 is 1.69 bits per heavy atom. The number of carbonyl (C=O) groups excluding carboxylic acids is 3. The topological polar surface area (TPSA) is 126 Å². The van der Waals surface area contributed by atoms with E-state index in [0.717, 1.165) is 11.1 Å². The second-order valence-electron chi connectivity index (χ2n) is 8.37. The van der Waals surface area contributed by atoms with Crippen molar-refractivity contribution in [1.82, 2.24) is 20.8 Å². The van der Waals surface area contributed by atoms with Crippen molar-refractivity contribution in [1.29, 1.82) is 0 Å². The fourth-order valence-corrected chi connectivity index (χ4v) is 3.88. The van der Waals surface area contributed by atoms with E-state index in [2.05, 4.69) is 26.1 Å². The highest BCUT2D eigenvalue weighted by Crippen LogP contribution is 2.28. The maximum Gasteiger partial charge on any atom is 0.322 e. The maximum absolute atomic E-state index is 12.8. The lowest BCUT2D eigenvalue weighted by Gasteiger charge is -2.21. The number of hydrogen-bond acceptors (Lipinski definition) is 6. The van der Waals surface area contributed by atoms with Crippen molar-refractivity contribution in [3.8, 4) is 22.9 Å². The molecule has 1 aromatic heterocycles. The summed E-state index contributed by atoms with van der Waals surface area (Å²) in [5.41, 5.74) is 2.85. The molecule has 35 heavy (non-hydrogen) atoms. The van der Waals surface area contributed by atoms with Crippen molar-refractivity contribution in [2.45, 2.75) is 19.4 Å². The summed E-state index contributed by atoms with van der Waals surface area (Å²) < 4.78 is 5.83. The monoisotopic (exact) mass is 467 g/mol. The van der Waals surface area contributed by atoms with Gasteiger partial charge in [-0.15, -0.1) is 10.2 Å². The first-order chi connectivity index (χ1) is 16.8. The lowest BCUT2D eigenvalue weighted by Crippen LogP contribution is -2.40. The van der Waals surface area contributed by atoms with Gasteiger partial charge < -0.3 is 15.1 Å². The van der Waals surface area contributed by atoms with Gasteiger partial charge in [0.2, 0.25) is 11.8 Å². The zero-order chi connectivity index (χ0) is 24.6. The van der Waals surface area contributed by atoms with Crippen LogP contribution >= 0.6 is 0 Å². The van der Waals surface area contributed by atoms with Gasteiger partial charge in [0, 0.05) is 22.4 Å². The number of benzene rings is 3. The van der Waals surface area contributed by atoms with Gasteiger partial charge in [0.1, 0.15) is 5.54 Å². The Balaban J connectivity index is 1.31. The first-order valence-corrected chi connectivity index (χ1v) is 10.9. The van der Waals surface area contributed by atoms with Gasteiger partial charge in [-0.3, -0.25) is 14.9 Å². The molecule has 4 amide bonds. The summed E-state index contributed by atoms with van der Waals surface area (Å²) in [6.45, 7) is 3.58. The number of imide groups is 1. The molecule has 0 aliphatic carbocycles. The van der Waals surface area contributed by atoms with E-state index in [1.807, 2.05) is 31.2 Å². The fourth-order valence-electron chi connectivity index (χ4n) is 3.88. The van der Waals surface area contributed by atoms with Crippen molar-refractivity contribution in [3.63, 3.8) is 0 Å². The molecule has 3 N–H and O–H groups in total. The van der Waals surface area contributed by atoms with Crippen molar-refractivity contribution in [2.75, 3.05) is 5.32 Å². The van der Waals surface area contributed by atoms with E-state index in [9.17, 15) is 14.4 Å². The van der Waals surface area contributed by atoms with Gasteiger partial charge in [-0.1, -0.05) is 30.3 Å². The summed E-state index contributed by atoms with van der Waals surface area (Å²) in [6, 6.07) is 20.8. The molecular formula is C26H21N5O4. The van der Waals surface area contributed by atoms with Gasteiger partial charge in [-0.2, -0.15) is 0 Å². The molecule has 1 aliphatic rings. The number of carbonyl (C=O) groups is 3. The Labute approximate surface area is 200 Å². The van der Waals surface area contributed by atoms with E-state index in [1.54, 1.807) is 55.5 Å². The van der Waals surface area contributed by atoms with Gasteiger partial charge in [0.25, 0.3) is 11.8 Å². The van der Waals surface area contributed by atoms with Crippen LogP contribution in [0.5, 0.6) is 0 Å². The molecule has 1 aliphatic heterocycles. The van der Waals surface area contributed by atoms with E-state index in [1.165, 1.54) is 0 Å². The third-order valence-corrected chi connectivity index (χ3v) is 5.94. The predicted molar refractivity (Wildman–Crippen MR) is 128 cm³/mol. The summed E-state index contributed by atoms with van der Waals surface area (Å²) in [7, 11) is 0. The molecule has 3 aromatic carbocycles. The second kappa shape index (κ2) is 8.53. The zero-order valence-electron chi connectivity index (χ0n) is 19.0. The Hall–Kier alpha value is -4.79. The third-order valence-electron chi connectivity index (χ3n) is 5.94. The van der Waals surface area contributed by atoms with Crippen molar-refractivity contribution < 1.29 is 18.8 Å². The molecule has 0 unspecified atom stereocenters. The lowest BCUT2D eigenvalue weighted by molar-refractivity contribution is -0.123. The number of nitrogens with one attached hydrogen (secondary N) is 3. The molecule has 1 fully saturated rings. The van der Waals surface area contributed by atoms with Crippen LogP contribution in [0.1, 0.15) is 28.4 Å². The SMILES string of the molecule is Cc1ccccc1-c1nnc(-c2ccc(C(=O)Nc3cccc([C@]4(C)NC(=O)NC4=O)c3)cc2)o1. The zero-order valence-corrected chi connectivity index (χ0v) is 19.0. The number of amides is 4. The minimum atomic E-state index is -1.21. The molecule has 1 atom stereocenters. The van der Waals surface area contributed by atoms with Crippen LogP contribution in [-0.4, -0.2) is 28.0 Å². The number of nitrogens with zero attached hydrogens (tertiary/aromatic N) is 2. The van der Waals surface area contributed by atoms with E-state index in [4.69, 9.17) is 4.42 Å². The summed E-state index contributed by atoms with van der Waals surface area (Å²) >= 11 is 0. The number of aryl methyl sites for hydroxylation is 1. The standard InChI is InChI=1S/C26H21N5O4/c1-15-6-3-4-9-20(15)23-31-30-22(35-23)17-12-10-16(11-13-17)21(32)27-19-8-5-7-18(14-19)26(2)24(33)28-25(34)29-26/h3-14H,1-2H3,(H,27,32)(H2,28,29,33,34)/t26-/m0/s1. The molecule has 1 saturated heterocycles. The average Bonchev–Trinajstić information content (AvgIpc) is 3.44. The van der Waals surface area contributed by atoms with E-state index >= 15 is 0 Å². The highest BCUT2D eigenvalue weighted by molar-refractivity contribution is 6.08. The van der Waals surface area contributed by atoms with Crippen LogP contribution < -0.4 is 16.0 Å². The number of anilines is 1. The van der Waals surface area contributed by atoms with Crippen LogP contribution in [0, 0.1) is 6.92 Å². The minimum Gasteiger partial charge on any atom is -0.416 e. The van der Waals surface area contributed by atoms with Gasteiger partial charge in [-0.05, 0) is 67.4 Å². The first kappa shape index (κ1) is 22.0. The molecule has 5 rings (SSSR count). The normalized spacial score (nSPS) is 17.1. The smallest absolute Gasteiger partial charge is 0.322 e. The number of hydrogen-bond donors (Lipinski definition) is 3. The fraction of sp³-hybridized carbons (Fsp3) is 0.115. The Kier molecular flexibility index (Phi) is 5.37. The highest BCUT2D eigenvalue weighted by Gasteiger charge is 2.43. The van der Waals surface area contributed by atoms with Gasteiger partial charge in [0.15, 0.2) is 0 Å². The van der Waals surface area contributed by atoms with Crippen LogP contribution in [0.3, 0.4) is 0 Å². The van der Waals surface area contributed by atoms with Gasteiger partial charge in [0.05, 0.1) is 0 Å². The summed E-state index contributed by atoms with van der Waals surface area (Å²) in [5.74, 6) is 0.00624. The summed E-state index contributed by atoms with van der Waals surface area (Å²) in [4.78, 5) is 36.6.